The van der Waals surface area contributed by atoms with Crippen molar-refractivity contribution in [1.82, 2.24) is 4.98 Å². The van der Waals surface area contributed by atoms with E-state index in [-0.39, 0.29) is 0 Å². The Morgan fingerprint density at radius 2 is 1.94 bits per heavy atom. The van der Waals surface area contributed by atoms with Crippen LogP contribution in [0.2, 0.25) is 0 Å². The normalized spacial score (nSPS) is 10.9. The predicted octanol–water partition coefficient (Wildman–Crippen LogP) is 4.61. The van der Waals surface area contributed by atoms with Gasteiger partial charge in [0.15, 0.2) is 0 Å². The second-order valence-electron chi connectivity index (χ2n) is 4.56. The Morgan fingerprint density at radius 3 is 2.56 bits per heavy atom. The molecule has 0 unspecified atom stereocenters. The molecule has 0 bridgehead atoms. The van der Waals surface area contributed by atoms with Crippen LogP contribution < -0.4 is 5.32 Å². The third-order valence-electron chi connectivity index (χ3n) is 3.28. The fraction of sp³-hybridized carbons (Fsp3) is 0.400. The molecule has 1 heterocycles. The van der Waals surface area contributed by atoms with Crippen LogP contribution in [0, 0.1) is 13.8 Å². The van der Waals surface area contributed by atoms with E-state index in [4.69, 9.17) is 4.98 Å². The molecule has 1 N–H and O–H groups in total. The zero-order chi connectivity index (χ0) is 13.3. The molecule has 0 spiro atoms. The van der Waals surface area contributed by atoms with E-state index in [1.54, 1.807) is 0 Å². The highest BCUT2D eigenvalue weighted by Crippen LogP contribution is 2.32. The van der Waals surface area contributed by atoms with Gasteiger partial charge < -0.3 is 5.32 Å². The molecule has 3 heteroatoms. The van der Waals surface area contributed by atoms with Crippen molar-refractivity contribution in [1.29, 1.82) is 0 Å². The molecule has 2 nitrogen and oxygen atoms in total. The Bertz CT molecular complexity index is 591. The highest BCUT2D eigenvalue weighted by Gasteiger charge is 2.12. The zero-order valence-corrected chi connectivity index (χ0v) is 13.0. The molecule has 0 saturated heterocycles. The number of aryl methyl sites for hydroxylation is 2. The first-order valence-electron chi connectivity index (χ1n) is 6.41. The van der Waals surface area contributed by atoms with Crippen LogP contribution in [-0.2, 0) is 6.42 Å². The minimum Gasteiger partial charge on any atom is -0.385 e. The Hall–Kier alpha value is -1.09. The largest absolute Gasteiger partial charge is 0.385 e. The van der Waals surface area contributed by atoms with Gasteiger partial charge in [0.2, 0.25) is 0 Å². The summed E-state index contributed by atoms with van der Waals surface area (Å²) in [4.78, 5) is 4.82. The van der Waals surface area contributed by atoms with Crippen LogP contribution >= 0.6 is 15.9 Å². The third-order valence-corrected chi connectivity index (χ3v) is 3.74. The van der Waals surface area contributed by atoms with Gasteiger partial charge in [-0.05, 0) is 50.5 Å². The maximum Gasteiger partial charge on any atom is 0.0756 e. The van der Waals surface area contributed by atoms with Gasteiger partial charge in [-0.15, -0.1) is 0 Å². The third kappa shape index (κ3) is 2.24. The lowest BCUT2D eigenvalue weighted by Crippen LogP contribution is -2.05. The lowest BCUT2D eigenvalue weighted by Gasteiger charge is -2.16. The molecule has 0 aliphatic heterocycles. The minimum atomic E-state index is 0.925. The summed E-state index contributed by atoms with van der Waals surface area (Å²) in [5.41, 5.74) is 6.00. The molecular weight excluding hydrogens is 288 g/mol. The first kappa shape index (κ1) is 13.3. The first-order chi connectivity index (χ1) is 8.58. The molecule has 0 atom stereocenters. The van der Waals surface area contributed by atoms with Gasteiger partial charge in [-0.3, -0.25) is 4.98 Å². The number of hydrogen-bond acceptors (Lipinski definition) is 2. The molecule has 0 amide bonds. The number of nitrogens with zero attached hydrogens (tertiary/aromatic N) is 1. The maximum atomic E-state index is 4.82. The molecule has 1 aromatic heterocycles. The fourth-order valence-corrected chi connectivity index (χ4v) is 2.96. The molecule has 0 aliphatic rings. The van der Waals surface area contributed by atoms with Crippen molar-refractivity contribution in [2.75, 3.05) is 11.9 Å². The summed E-state index contributed by atoms with van der Waals surface area (Å²) in [6.07, 6.45) is 0.968. The van der Waals surface area contributed by atoms with Crippen LogP contribution in [0.25, 0.3) is 10.9 Å². The minimum absolute atomic E-state index is 0.925. The average molecular weight is 307 g/mol. The SMILES string of the molecule is CCNc1c(C)c(CC)nc2c(C)cc(Br)cc12. The van der Waals surface area contributed by atoms with Crippen LogP contribution in [0.5, 0.6) is 0 Å². The summed E-state index contributed by atoms with van der Waals surface area (Å²) in [5, 5.41) is 4.69. The van der Waals surface area contributed by atoms with Gasteiger partial charge in [0.25, 0.3) is 0 Å². The fourth-order valence-electron chi connectivity index (χ4n) is 2.39. The van der Waals surface area contributed by atoms with E-state index in [9.17, 15) is 0 Å². The van der Waals surface area contributed by atoms with Gasteiger partial charge in [0.05, 0.1) is 5.52 Å². The molecule has 96 valence electrons. The van der Waals surface area contributed by atoms with Crippen molar-refractivity contribution in [3.05, 3.63) is 33.4 Å². The van der Waals surface area contributed by atoms with Crippen molar-refractivity contribution in [2.45, 2.75) is 34.1 Å². The van der Waals surface area contributed by atoms with Crippen molar-refractivity contribution < 1.29 is 0 Å². The lowest BCUT2D eigenvalue weighted by atomic mass is 10.0. The number of halogens is 1. The first-order valence-corrected chi connectivity index (χ1v) is 7.21. The second-order valence-corrected chi connectivity index (χ2v) is 5.48. The number of nitrogens with one attached hydrogen (secondary N) is 1. The Labute approximate surface area is 117 Å². The van der Waals surface area contributed by atoms with E-state index in [0.717, 1.165) is 23.0 Å². The topological polar surface area (TPSA) is 24.9 Å². The van der Waals surface area contributed by atoms with Gasteiger partial charge in [-0.25, -0.2) is 0 Å². The van der Waals surface area contributed by atoms with Gasteiger partial charge in [0, 0.05) is 27.8 Å². The van der Waals surface area contributed by atoms with Gasteiger partial charge in [0.1, 0.15) is 0 Å². The molecule has 0 saturated carbocycles. The smallest absolute Gasteiger partial charge is 0.0756 e. The number of fused-ring (bicyclic) bond motifs is 1. The van der Waals surface area contributed by atoms with Crippen LogP contribution in [0.3, 0.4) is 0 Å². The number of aromatic nitrogens is 1. The Balaban J connectivity index is 2.86. The second kappa shape index (κ2) is 5.27. The van der Waals surface area contributed by atoms with Gasteiger partial charge in [-0.1, -0.05) is 22.9 Å². The summed E-state index contributed by atoms with van der Waals surface area (Å²) in [7, 11) is 0. The van der Waals surface area contributed by atoms with Crippen molar-refractivity contribution in [3.63, 3.8) is 0 Å². The number of anilines is 1. The van der Waals surface area contributed by atoms with E-state index in [0.29, 0.717) is 0 Å². The van der Waals surface area contributed by atoms with Crippen LogP contribution in [0.1, 0.15) is 30.7 Å². The van der Waals surface area contributed by atoms with Crippen LogP contribution in [0.15, 0.2) is 16.6 Å². The predicted molar refractivity (Wildman–Crippen MR) is 82.5 cm³/mol. The van der Waals surface area contributed by atoms with E-state index in [2.05, 4.69) is 61.1 Å². The van der Waals surface area contributed by atoms with Gasteiger partial charge in [-0.2, -0.15) is 0 Å². The standard InChI is InChI=1S/C15H19BrN2/c1-5-13-10(4)15(17-6-2)12-8-11(16)7-9(3)14(12)18-13/h7-8H,5-6H2,1-4H3,(H,17,18). The van der Waals surface area contributed by atoms with Crippen molar-refractivity contribution in [2.24, 2.45) is 0 Å². The quantitative estimate of drug-likeness (QED) is 0.896. The van der Waals surface area contributed by atoms with E-state index < -0.39 is 0 Å². The van der Waals surface area contributed by atoms with Crippen molar-refractivity contribution >= 4 is 32.5 Å². The summed E-state index contributed by atoms with van der Waals surface area (Å²) in [5.74, 6) is 0. The van der Waals surface area contributed by atoms with E-state index in [1.807, 2.05) is 0 Å². The van der Waals surface area contributed by atoms with Crippen molar-refractivity contribution in [3.8, 4) is 0 Å². The molecule has 0 aliphatic carbocycles. The molecular formula is C15H19BrN2. The van der Waals surface area contributed by atoms with Crippen LogP contribution in [0.4, 0.5) is 5.69 Å². The summed E-state index contributed by atoms with van der Waals surface area (Å²) >= 11 is 3.57. The summed E-state index contributed by atoms with van der Waals surface area (Å²) in [6, 6.07) is 4.28. The molecule has 2 rings (SSSR count). The molecule has 18 heavy (non-hydrogen) atoms. The summed E-state index contributed by atoms with van der Waals surface area (Å²) in [6.45, 7) is 9.48. The molecule has 0 radical (unpaired) electrons. The van der Waals surface area contributed by atoms with Gasteiger partial charge >= 0.3 is 0 Å². The maximum absolute atomic E-state index is 4.82. The average Bonchev–Trinajstić information content (AvgIpc) is 2.33. The number of hydrogen-bond donors (Lipinski definition) is 1. The monoisotopic (exact) mass is 306 g/mol. The lowest BCUT2D eigenvalue weighted by molar-refractivity contribution is 1.02. The van der Waals surface area contributed by atoms with E-state index >= 15 is 0 Å². The molecule has 1 aromatic carbocycles. The highest BCUT2D eigenvalue weighted by molar-refractivity contribution is 9.10. The Kier molecular flexibility index (Phi) is 3.91. The summed E-state index contributed by atoms with van der Waals surface area (Å²) < 4.78 is 1.11. The molecule has 2 aromatic rings. The Morgan fingerprint density at radius 1 is 1.22 bits per heavy atom. The number of benzene rings is 1. The highest BCUT2D eigenvalue weighted by atomic mass is 79.9. The van der Waals surface area contributed by atoms with E-state index in [1.165, 1.54) is 27.9 Å². The van der Waals surface area contributed by atoms with Crippen LogP contribution in [-0.4, -0.2) is 11.5 Å². The molecule has 0 fully saturated rings. The number of pyridine rings is 1. The number of rotatable bonds is 3. The zero-order valence-electron chi connectivity index (χ0n) is 11.4.